The molecule has 0 atom stereocenters. The Morgan fingerprint density at radius 2 is 0.344 bits per heavy atom. The van der Waals surface area contributed by atoms with Crippen molar-refractivity contribution in [1.82, 2.24) is 0 Å². The second kappa shape index (κ2) is 26.6. The Hall–Kier alpha value is -8.37. The molecule has 90 heavy (non-hydrogen) atoms. The van der Waals surface area contributed by atoms with E-state index in [0.717, 1.165) is 0 Å². The van der Waals surface area contributed by atoms with E-state index in [0.29, 0.717) is 34.1 Å². The summed E-state index contributed by atoms with van der Waals surface area (Å²) in [4.78, 5) is 81.0. The fourth-order valence-electron chi connectivity index (χ4n) is 8.16. The van der Waals surface area contributed by atoms with Gasteiger partial charge in [-0.25, -0.2) is 28.8 Å². The minimum Gasteiger partial charge on any atom is -0.456 e. The van der Waals surface area contributed by atoms with Gasteiger partial charge in [-0.2, -0.15) is 13.5 Å². The molecule has 21 nitrogen and oxygen atoms in total. The number of ether oxygens (including phenoxy) is 6. The van der Waals surface area contributed by atoms with Gasteiger partial charge >= 0.3 is 35.8 Å². The number of anilines is 6. The minimum absolute atomic E-state index is 0.269. The number of esters is 6. The lowest BCUT2D eigenvalue weighted by atomic mass is 10.1. The molecule has 480 valence electrons. The van der Waals surface area contributed by atoms with E-state index in [4.69, 9.17) is 42.0 Å². The first-order chi connectivity index (χ1) is 41.5. The highest BCUT2D eigenvalue weighted by molar-refractivity contribution is 7.89. The van der Waals surface area contributed by atoms with Crippen molar-refractivity contribution in [1.29, 1.82) is 0 Å². The predicted molar refractivity (Wildman–Crippen MR) is 359 cm³/mol. The van der Waals surface area contributed by atoms with E-state index < -0.39 is 91.9 Å². The van der Waals surface area contributed by atoms with Crippen LogP contribution in [0.4, 0.5) is 34.1 Å². The van der Waals surface area contributed by atoms with Crippen LogP contribution in [0.25, 0.3) is 0 Å². The van der Waals surface area contributed by atoms with Gasteiger partial charge in [0.15, 0.2) is 0 Å². The first-order valence-corrected chi connectivity index (χ1v) is 34.2. The molecule has 0 spiro atoms. The molecule has 6 aromatic carbocycles. The second-order valence-corrected chi connectivity index (χ2v) is 34.3. The van der Waals surface area contributed by atoms with Crippen LogP contribution in [0.3, 0.4) is 0 Å². The van der Waals surface area contributed by atoms with Gasteiger partial charge in [0.1, 0.15) is 33.6 Å². The summed E-state index contributed by atoms with van der Waals surface area (Å²) in [5, 5.41) is 22.1. The molecule has 6 N–H and O–H groups in total. The third-order valence-corrected chi connectivity index (χ3v) is 21.2. The summed E-state index contributed by atoms with van der Waals surface area (Å²) in [7, 11) is -12.0. The lowest BCUT2D eigenvalue weighted by Crippen LogP contribution is -2.23. The van der Waals surface area contributed by atoms with Crippen molar-refractivity contribution < 1.29 is 57.2 Å². The van der Waals surface area contributed by atoms with Gasteiger partial charge in [-0.05, 0) is 270 Å². The molecule has 0 fully saturated rings. The fraction of sp³-hybridized carbons (Fsp3) is 0.364. The summed E-state index contributed by atoms with van der Waals surface area (Å²) in [5.74, 6) is -3.28. The average molecular weight is 1290 g/mol. The molecule has 1 heterocycles. The number of hydrogen-bond acceptors (Lipinski definition) is 21. The van der Waals surface area contributed by atoms with Crippen molar-refractivity contribution in [2.75, 3.05) is 30.5 Å². The number of rotatable bonds is 18. The highest BCUT2D eigenvalue weighted by Gasteiger charge is 2.40. The van der Waals surface area contributed by atoms with Gasteiger partial charge < -0.3 is 58.9 Å². The maximum Gasteiger partial charge on any atom is 0.338 e. The molecule has 6 aromatic rings. The Morgan fingerprint density at radius 1 is 0.233 bits per heavy atom. The highest BCUT2D eigenvalue weighted by Crippen LogP contribution is 2.76. The molecule has 24 heteroatoms. The maximum atomic E-state index is 13.5. The van der Waals surface area contributed by atoms with Crippen LogP contribution in [-0.2, 0) is 28.4 Å². The number of nitrogens with one attached hydrogen (secondary N) is 6. The fourth-order valence-corrected chi connectivity index (χ4v) is 19.4. The highest BCUT2D eigenvalue weighted by atomic mass is 31.3. The molecule has 1 aliphatic rings. The second-order valence-electron chi connectivity index (χ2n) is 27.2. The van der Waals surface area contributed by atoms with Crippen LogP contribution >= 0.6 is 22.5 Å². The van der Waals surface area contributed by atoms with E-state index in [9.17, 15) is 28.8 Å². The van der Waals surface area contributed by atoms with E-state index in [1.54, 1.807) is 270 Å². The molecule has 0 aromatic heterocycles. The van der Waals surface area contributed by atoms with E-state index in [-0.39, 0.29) is 33.4 Å². The zero-order valence-electron chi connectivity index (χ0n) is 54.4. The third-order valence-electron chi connectivity index (χ3n) is 11.6. The van der Waals surface area contributed by atoms with Crippen molar-refractivity contribution in [3.8, 4) is 0 Å². The summed E-state index contributed by atoms with van der Waals surface area (Å²) >= 11 is 0. The van der Waals surface area contributed by atoms with Gasteiger partial charge in [0.05, 0.1) is 33.4 Å². The van der Waals surface area contributed by atoms with Crippen LogP contribution in [0, 0.1) is 0 Å². The Balaban J connectivity index is 1.58. The van der Waals surface area contributed by atoms with Gasteiger partial charge in [0.25, 0.3) is 22.5 Å². The number of hydrogen-bond donors (Lipinski definition) is 6. The van der Waals surface area contributed by atoms with Crippen LogP contribution in [0.1, 0.15) is 187 Å². The van der Waals surface area contributed by atoms with Crippen LogP contribution in [0.2, 0.25) is 0 Å². The van der Waals surface area contributed by atoms with E-state index in [1.807, 2.05) is 0 Å². The lowest BCUT2D eigenvalue weighted by Gasteiger charge is -2.38. The zero-order valence-corrected chi connectivity index (χ0v) is 57.1. The molecule has 0 radical (unpaired) electrons. The van der Waals surface area contributed by atoms with E-state index in [2.05, 4.69) is 30.5 Å². The normalized spacial score (nSPS) is 14.5. The summed E-state index contributed by atoms with van der Waals surface area (Å²) in [6.07, 6.45) is 0. The van der Waals surface area contributed by atoms with Crippen molar-refractivity contribution in [2.24, 2.45) is 13.5 Å². The molecule has 0 aliphatic carbocycles. The summed E-state index contributed by atoms with van der Waals surface area (Å²) in [6, 6.07) is 39.8. The molecule has 0 amide bonds. The molecule has 7 rings (SSSR count). The van der Waals surface area contributed by atoms with Gasteiger partial charge in [-0.3, -0.25) is 0 Å². The molecule has 0 saturated carbocycles. The quantitative estimate of drug-likeness (QED) is 0.0265. The average Bonchev–Trinajstić information content (AvgIpc) is 0.731. The number of carbonyl (C=O) groups excluding carboxylic acids is 6. The van der Waals surface area contributed by atoms with Gasteiger partial charge in [-0.1, -0.05) is 0 Å². The Kier molecular flexibility index (Phi) is 20.4. The first-order valence-electron chi connectivity index (χ1n) is 29.1. The van der Waals surface area contributed by atoms with Crippen molar-refractivity contribution >= 4 is 92.5 Å². The number of nitrogens with zero attached hydrogens (tertiary/aromatic N) is 3. The SMILES string of the molecule is CC(C)(C)OC(=O)c1ccc(NP2(Nc3ccc(C(=O)OC(C)(C)C)cc3)=NP(Nc3ccc(C(=O)OC(C)(C)C)cc3)(Nc3ccc(C(=O)OC(C)(C)C)cc3)=NP(Nc3ccc(C(=O)OC(C)(C)C)cc3)(Nc3ccc(C(=O)OC(C)(C)C)cc3)=N2)cc1. The lowest BCUT2D eigenvalue weighted by molar-refractivity contribution is 0.00570. The standard InChI is InChI=1S/C66H84N9O12P3/c1-61(2,3)82-55(76)43-19-31-49(32-20-43)67-88(68-50-33-21-44(22-34-50)56(77)83-62(4,5)6)73-89(69-51-35-23-45(24-36-51)57(78)84-63(7,8)9,70-52-37-25-46(26-38-52)58(79)85-64(10,11)12)75-90(74-88,71-53-39-27-47(28-40-53)59(80)86-65(13,14)15)72-54-41-29-48(30-42-54)60(81)87-66(16,17)18/h19-42,67-72H,1-18H3. The molecule has 1 aliphatic heterocycles. The van der Waals surface area contributed by atoms with Crippen LogP contribution < -0.4 is 30.5 Å². The topological polar surface area (TPSA) is 267 Å². The number of carbonyl (C=O) groups is 6. The van der Waals surface area contributed by atoms with Crippen LogP contribution in [-0.4, -0.2) is 69.4 Å². The van der Waals surface area contributed by atoms with Crippen molar-refractivity contribution in [3.63, 3.8) is 0 Å². The van der Waals surface area contributed by atoms with E-state index >= 15 is 0 Å². The maximum absolute atomic E-state index is 13.5. The Labute approximate surface area is 528 Å². The smallest absolute Gasteiger partial charge is 0.338 e. The zero-order chi connectivity index (χ0) is 66.5. The Morgan fingerprint density at radius 3 is 0.444 bits per heavy atom. The largest absolute Gasteiger partial charge is 0.456 e. The molecule has 0 unspecified atom stereocenters. The van der Waals surface area contributed by atoms with Gasteiger partial charge in [0, 0.05) is 34.1 Å². The first kappa shape index (κ1) is 69.1. The molecule has 0 bridgehead atoms. The minimum atomic E-state index is -3.99. The van der Waals surface area contributed by atoms with Crippen molar-refractivity contribution in [2.45, 2.75) is 158 Å². The molecular weight excluding hydrogens is 1200 g/mol. The summed E-state index contributed by atoms with van der Waals surface area (Å²) in [6.45, 7) is 32.0. The third kappa shape index (κ3) is 20.9. The van der Waals surface area contributed by atoms with E-state index in [1.165, 1.54) is 0 Å². The van der Waals surface area contributed by atoms with Crippen molar-refractivity contribution in [3.05, 3.63) is 179 Å². The Bertz CT molecular complexity index is 3150. The summed E-state index contributed by atoms with van der Waals surface area (Å²) in [5.41, 5.74) is -0.470. The van der Waals surface area contributed by atoms with Crippen LogP contribution in [0.15, 0.2) is 159 Å². The molecular formula is C66H84N9O12P3. The number of benzene rings is 6. The van der Waals surface area contributed by atoms with Gasteiger partial charge in [-0.15, -0.1) is 0 Å². The van der Waals surface area contributed by atoms with Crippen LogP contribution in [0.5, 0.6) is 0 Å². The predicted octanol–water partition coefficient (Wildman–Crippen LogP) is 18.2. The monoisotopic (exact) mass is 1290 g/mol. The summed E-state index contributed by atoms with van der Waals surface area (Å²) < 4.78 is 51.8. The molecule has 0 saturated heterocycles. The van der Waals surface area contributed by atoms with Gasteiger partial charge in [0.2, 0.25) is 0 Å².